The monoisotopic (exact) mass is 325 g/mol. The second-order valence-corrected chi connectivity index (χ2v) is 5.48. The number of carbonyl (C=O) groups excluding carboxylic acids is 1. The van der Waals surface area contributed by atoms with Crippen LogP contribution in [0.1, 0.15) is 29.2 Å². The van der Waals surface area contributed by atoms with Crippen molar-refractivity contribution in [1.82, 2.24) is 4.57 Å². The summed E-state index contributed by atoms with van der Waals surface area (Å²) in [6.45, 7) is 0. The van der Waals surface area contributed by atoms with E-state index in [1.807, 2.05) is 0 Å². The van der Waals surface area contributed by atoms with Crippen LogP contribution in [-0.2, 0) is 4.74 Å². The maximum atomic E-state index is 14.0. The summed E-state index contributed by atoms with van der Waals surface area (Å²) >= 11 is 5.94. The summed E-state index contributed by atoms with van der Waals surface area (Å²) < 4.78 is 25.5. The molecule has 1 saturated carbocycles. The van der Waals surface area contributed by atoms with Crippen molar-refractivity contribution in [2.45, 2.75) is 18.9 Å². The van der Waals surface area contributed by atoms with Crippen molar-refractivity contribution in [2.24, 2.45) is 0 Å². The van der Waals surface area contributed by atoms with Crippen molar-refractivity contribution in [2.75, 3.05) is 14.2 Å². The molecule has 3 rings (SSSR count). The lowest BCUT2D eigenvalue weighted by atomic mass is 10.1. The number of ether oxygens (including phenoxy) is 2. The van der Waals surface area contributed by atoms with Gasteiger partial charge in [-0.15, -0.1) is 0 Å². The van der Waals surface area contributed by atoms with Gasteiger partial charge in [0.2, 0.25) is 5.43 Å². The van der Waals surface area contributed by atoms with E-state index < -0.39 is 17.2 Å². The predicted molar refractivity (Wildman–Crippen MR) is 79.3 cm³/mol. The van der Waals surface area contributed by atoms with Crippen molar-refractivity contribution >= 4 is 28.5 Å². The van der Waals surface area contributed by atoms with E-state index in [1.54, 1.807) is 4.57 Å². The molecule has 0 unspecified atom stereocenters. The van der Waals surface area contributed by atoms with Gasteiger partial charge in [-0.25, -0.2) is 9.18 Å². The van der Waals surface area contributed by atoms with E-state index in [4.69, 9.17) is 16.3 Å². The number of methoxy groups -OCH3 is 2. The average molecular weight is 326 g/mol. The Labute approximate surface area is 130 Å². The summed E-state index contributed by atoms with van der Waals surface area (Å²) in [5.41, 5.74) is -0.340. The Hall–Kier alpha value is -2.08. The number of aromatic nitrogens is 1. The number of benzene rings is 1. The molecule has 1 fully saturated rings. The van der Waals surface area contributed by atoms with Gasteiger partial charge < -0.3 is 14.0 Å². The highest BCUT2D eigenvalue weighted by Gasteiger charge is 2.29. The molecule has 1 aromatic heterocycles. The smallest absolute Gasteiger partial charge is 0.343 e. The fourth-order valence-corrected chi connectivity index (χ4v) is 2.73. The van der Waals surface area contributed by atoms with Crippen LogP contribution >= 0.6 is 11.6 Å². The highest BCUT2D eigenvalue weighted by Crippen LogP contribution is 2.42. The lowest BCUT2D eigenvalue weighted by Gasteiger charge is -2.16. The molecule has 0 bridgehead atoms. The molecule has 116 valence electrons. The molecular weight excluding hydrogens is 313 g/mol. The molecule has 0 spiro atoms. The van der Waals surface area contributed by atoms with Crippen molar-refractivity contribution in [3.63, 3.8) is 0 Å². The Morgan fingerprint density at radius 3 is 2.64 bits per heavy atom. The van der Waals surface area contributed by atoms with Crippen LogP contribution in [0.4, 0.5) is 4.39 Å². The molecule has 0 amide bonds. The van der Waals surface area contributed by atoms with E-state index in [0.717, 1.165) is 18.9 Å². The molecule has 5 nitrogen and oxygen atoms in total. The average Bonchev–Trinajstić information content (AvgIpc) is 3.34. The lowest BCUT2D eigenvalue weighted by Crippen LogP contribution is -2.20. The zero-order valence-electron chi connectivity index (χ0n) is 12.0. The Morgan fingerprint density at radius 1 is 1.41 bits per heavy atom. The van der Waals surface area contributed by atoms with Crippen LogP contribution in [0, 0.1) is 5.82 Å². The number of hydrogen-bond donors (Lipinski definition) is 0. The lowest BCUT2D eigenvalue weighted by molar-refractivity contribution is 0.0598. The molecule has 1 heterocycles. The van der Waals surface area contributed by atoms with E-state index >= 15 is 0 Å². The second-order valence-electron chi connectivity index (χ2n) is 5.10. The Balaban J connectivity index is 2.47. The van der Waals surface area contributed by atoms with Gasteiger partial charge in [0, 0.05) is 12.2 Å². The van der Waals surface area contributed by atoms with Crippen molar-refractivity contribution in [1.29, 1.82) is 0 Å². The molecule has 1 aliphatic rings. The molecule has 1 aromatic carbocycles. The van der Waals surface area contributed by atoms with Crippen molar-refractivity contribution in [3.05, 3.63) is 38.9 Å². The SMILES string of the molecule is COC(=O)c1cn(C2CC2)c2c(OC)c(Cl)c(F)cc2c1=O. The molecule has 22 heavy (non-hydrogen) atoms. The molecular formula is C15H13ClFNO4. The quantitative estimate of drug-likeness (QED) is 0.814. The Kier molecular flexibility index (Phi) is 3.56. The molecule has 0 radical (unpaired) electrons. The summed E-state index contributed by atoms with van der Waals surface area (Å²) in [6.07, 6.45) is 3.23. The zero-order valence-corrected chi connectivity index (χ0v) is 12.7. The third-order valence-corrected chi connectivity index (χ3v) is 4.07. The van der Waals surface area contributed by atoms with Gasteiger partial charge >= 0.3 is 5.97 Å². The first-order valence-corrected chi connectivity index (χ1v) is 7.06. The largest absolute Gasteiger partial charge is 0.493 e. The number of fused-ring (bicyclic) bond motifs is 1. The highest BCUT2D eigenvalue weighted by molar-refractivity contribution is 6.33. The summed E-state index contributed by atoms with van der Waals surface area (Å²) in [5.74, 6) is -1.43. The molecule has 2 aromatic rings. The summed E-state index contributed by atoms with van der Waals surface area (Å²) in [6, 6.07) is 1.16. The minimum atomic E-state index is -0.771. The maximum absolute atomic E-state index is 14.0. The van der Waals surface area contributed by atoms with Gasteiger partial charge in [0.25, 0.3) is 0 Å². The van der Waals surface area contributed by atoms with E-state index in [-0.39, 0.29) is 27.8 Å². The highest BCUT2D eigenvalue weighted by atomic mass is 35.5. The molecule has 0 N–H and O–H groups in total. The summed E-state index contributed by atoms with van der Waals surface area (Å²) in [4.78, 5) is 24.3. The minimum absolute atomic E-state index is 0.0496. The number of carbonyl (C=O) groups is 1. The third kappa shape index (κ3) is 2.14. The van der Waals surface area contributed by atoms with E-state index in [0.29, 0.717) is 5.52 Å². The van der Waals surface area contributed by atoms with Gasteiger partial charge in [0.05, 0.1) is 25.1 Å². The van der Waals surface area contributed by atoms with E-state index in [1.165, 1.54) is 20.4 Å². The van der Waals surface area contributed by atoms with Gasteiger partial charge in [-0.3, -0.25) is 4.79 Å². The molecule has 1 aliphatic carbocycles. The number of nitrogens with zero attached hydrogens (tertiary/aromatic N) is 1. The standard InChI is InChI=1S/C15H13ClFNO4/c1-21-14-11(16)10(17)5-8-12(14)18(7-3-4-7)6-9(13(8)19)15(20)22-2/h5-7H,3-4H2,1-2H3. The van der Waals surface area contributed by atoms with Gasteiger partial charge in [-0.1, -0.05) is 11.6 Å². The van der Waals surface area contributed by atoms with Crippen LogP contribution in [0.15, 0.2) is 17.1 Å². The molecule has 7 heteroatoms. The number of halogens is 2. The number of rotatable bonds is 3. The normalized spacial score (nSPS) is 14.2. The van der Waals surface area contributed by atoms with Gasteiger partial charge in [-0.05, 0) is 18.9 Å². The first kappa shape index (κ1) is 14.8. The van der Waals surface area contributed by atoms with Gasteiger partial charge in [-0.2, -0.15) is 0 Å². The van der Waals surface area contributed by atoms with Gasteiger partial charge in [0.15, 0.2) is 5.75 Å². The minimum Gasteiger partial charge on any atom is -0.493 e. The Morgan fingerprint density at radius 2 is 2.09 bits per heavy atom. The Bertz CT molecular complexity index is 842. The number of esters is 1. The van der Waals surface area contributed by atoms with Crippen molar-refractivity contribution in [3.8, 4) is 5.75 Å². The van der Waals surface area contributed by atoms with E-state index in [2.05, 4.69) is 4.74 Å². The molecule has 0 atom stereocenters. The van der Waals surface area contributed by atoms with Crippen LogP contribution in [-0.4, -0.2) is 24.8 Å². The fraction of sp³-hybridized carbons (Fsp3) is 0.333. The first-order valence-electron chi connectivity index (χ1n) is 6.68. The third-order valence-electron chi connectivity index (χ3n) is 3.72. The topological polar surface area (TPSA) is 57.5 Å². The molecule has 0 saturated heterocycles. The second kappa shape index (κ2) is 5.28. The number of hydrogen-bond acceptors (Lipinski definition) is 4. The predicted octanol–water partition coefficient (Wildman–Crippen LogP) is 2.92. The van der Waals surface area contributed by atoms with Crippen LogP contribution < -0.4 is 10.2 Å². The first-order chi connectivity index (χ1) is 10.5. The zero-order chi connectivity index (χ0) is 16.0. The van der Waals surface area contributed by atoms with Crippen LogP contribution in [0.3, 0.4) is 0 Å². The van der Waals surface area contributed by atoms with Crippen LogP contribution in [0.25, 0.3) is 10.9 Å². The van der Waals surface area contributed by atoms with Crippen LogP contribution in [0.2, 0.25) is 5.02 Å². The van der Waals surface area contributed by atoms with Crippen LogP contribution in [0.5, 0.6) is 5.75 Å². The number of pyridine rings is 1. The van der Waals surface area contributed by atoms with E-state index in [9.17, 15) is 14.0 Å². The summed E-state index contributed by atoms with van der Waals surface area (Å²) in [5, 5.41) is -0.136. The summed E-state index contributed by atoms with van der Waals surface area (Å²) in [7, 11) is 2.55. The maximum Gasteiger partial charge on any atom is 0.343 e. The van der Waals surface area contributed by atoms with Gasteiger partial charge in [0.1, 0.15) is 16.4 Å². The van der Waals surface area contributed by atoms with Crippen molar-refractivity contribution < 1.29 is 18.7 Å². The molecule has 0 aliphatic heterocycles. The fourth-order valence-electron chi connectivity index (χ4n) is 2.51.